The molecule has 1 fully saturated rings. The lowest BCUT2D eigenvalue weighted by molar-refractivity contribution is -0.141. The predicted octanol–water partition coefficient (Wildman–Crippen LogP) is -2.24. The van der Waals surface area contributed by atoms with Gasteiger partial charge in [-0.15, -0.1) is 0 Å². The molecule has 1 aromatic rings. The molecule has 1 aromatic heterocycles. The van der Waals surface area contributed by atoms with Crippen LogP contribution in [0.25, 0.3) is 0 Å². The number of amides is 5. The molecule has 0 spiro atoms. The van der Waals surface area contributed by atoms with Crippen LogP contribution in [0.2, 0.25) is 0 Å². The topological polar surface area (TPSA) is 179 Å². The molecular formula is C19H29N7O5S2. The Morgan fingerprint density at radius 2 is 1.85 bits per heavy atom. The Morgan fingerprint density at radius 3 is 2.39 bits per heavy atom. The maximum absolute atomic E-state index is 13.1. The van der Waals surface area contributed by atoms with Crippen molar-refractivity contribution in [3.05, 3.63) is 18.2 Å². The van der Waals surface area contributed by atoms with Gasteiger partial charge in [0, 0.05) is 43.3 Å². The minimum Gasteiger partial charge on any atom is -0.368 e. The van der Waals surface area contributed by atoms with E-state index in [2.05, 4.69) is 51.2 Å². The highest BCUT2D eigenvalue weighted by atomic mass is 32.1. The number of imidazole rings is 1. The molecule has 0 saturated carbocycles. The maximum Gasteiger partial charge on any atom is 0.246 e. The van der Waals surface area contributed by atoms with Gasteiger partial charge < -0.3 is 31.6 Å². The summed E-state index contributed by atoms with van der Waals surface area (Å²) >= 11 is 8.14. The minimum absolute atomic E-state index is 0.00896. The standard InChI is InChI=1S/C19H29N7O5S2/c1-10(27)23-14(8-33)19(31)26-4-2-3-15(26)18(30)24-12(5-11-6-21-9-22-11)17(29)25-13(7-32)16(20)28/h6,9,12-15,32-33H,2-5,7-8H2,1H3,(H2,20,28)(H,21,22)(H,23,27)(H,24,30)(H,25,29)/t12-,13-,14-,15-/m0/s1. The fourth-order valence-electron chi connectivity index (χ4n) is 3.51. The second-order valence-electron chi connectivity index (χ2n) is 7.61. The maximum atomic E-state index is 13.1. The number of nitrogens with zero attached hydrogens (tertiary/aromatic N) is 2. The van der Waals surface area contributed by atoms with Crippen LogP contribution in [0.3, 0.4) is 0 Å². The molecule has 1 aliphatic heterocycles. The van der Waals surface area contributed by atoms with Gasteiger partial charge in [-0.05, 0) is 12.8 Å². The smallest absolute Gasteiger partial charge is 0.246 e. The van der Waals surface area contributed by atoms with Gasteiger partial charge in [-0.25, -0.2) is 4.98 Å². The van der Waals surface area contributed by atoms with Crippen LogP contribution in [-0.4, -0.2) is 86.6 Å². The molecule has 4 atom stereocenters. The Morgan fingerprint density at radius 1 is 1.15 bits per heavy atom. The van der Waals surface area contributed by atoms with E-state index in [4.69, 9.17) is 5.73 Å². The lowest BCUT2D eigenvalue weighted by atomic mass is 10.1. The van der Waals surface area contributed by atoms with E-state index in [0.29, 0.717) is 25.1 Å². The molecule has 33 heavy (non-hydrogen) atoms. The number of carbonyl (C=O) groups is 5. The summed E-state index contributed by atoms with van der Waals surface area (Å²) in [6, 6.07) is -3.76. The molecule has 5 amide bonds. The number of H-pyrrole nitrogens is 1. The molecule has 2 rings (SSSR count). The van der Waals surface area contributed by atoms with Crippen molar-refractivity contribution < 1.29 is 24.0 Å². The SMILES string of the molecule is CC(=O)N[C@@H](CS)C(=O)N1CCC[C@H]1C(=O)N[C@@H](Cc1cnc[nH]1)C(=O)N[C@@H](CS)C(N)=O. The highest BCUT2D eigenvalue weighted by molar-refractivity contribution is 7.80. The van der Waals surface area contributed by atoms with Crippen LogP contribution in [0.15, 0.2) is 12.5 Å². The van der Waals surface area contributed by atoms with Gasteiger partial charge in [-0.1, -0.05) is 0 Å². The third-order valence-corrected chi connectivity index (χ3v) is 5.88. The Labute approximate surface area is 202 Å². The van der Waals surface area contributed by atoms with E-state index < -0.39 is 47.8 Å². The number of carbonyl (C=O) groups excluding carboxylic acids is 5. The van der Waals surface area contributed by atoms with Crippen LogP contribution >= 0.6 is 25.3 Å². The zero-order chi connectivity index (χ0) is 24.5. The molecule has 182 valence electrons. The lowest BCUT2D eigenvalue weighted by Gasteiger charge is -2.29. The molecule has 12 nitrogen and oxygen atoms in total. The number of nitrogens with one attached hydrogen (secondary N) is 4. The fourth-order valence-corrected chi connectivity index (χ4v) is 4.03. The number of aromatic amines is 1. The number of hydrogen-bond acceptors (Lipinski definition) is 8. The average Bonchev–Trinajstić information content (AvgIpc) is 3.46. The molecule has 6 N–H and O–H groups in total. The summed E-state index contributed by atoms with van der Waals surface area (Å²) in [6.07, 6.45) is 4.00. The zero-order valence-electron chi connectivity index (χ0n) is 18.1. The van der Waals surface area contributed by atoms with Crippen LogP contribution < -0.4 is 21.7 Å². The average molecular weight is 500 g/mol. The van der Waals surface area contributed by atoms with E-state index in [1.807, 2.05) is 0 Å². The van der Waals surface area contributed by atoms with E-state index in [9.17, 15) is 24.0 Å². The number of aromatic nitrogens is 2. The van der Waals surface area contributed by atoms with Crippen molar-refractivity contribution in [2.24, 2.45) is 5.73 Å². The largest absolute Gasteiger partial charge is 0.368 e. The Bertz CT molecular complexity index is 867. The first kappa shape index (κ1) is 26.5. The number of thiol groups is 2. The third kappa shape index (κ3) is 7.39. The second kappa shape index (κ2) is 12.5. The molecule has 1 aliphatic rings. The van der Waals surface area contributed by atoms with Crippen LogP contribution in [0, 0.1) is 0 Å². The van der Waals surface area contributed by atoms with E-state index >= 15 is 0 Å². The molecule has 14 heteroatoms. The van der Waals surface area contributed by atoms with Crippen molar-refractivity contribution in [2.75, 3.05) is 18.1 Å². The Hall–Kier alpha value is -2.74. The first-order valence-electron chi connectivity index (χ1n) is 10.3. The van der Waals surface area contributed by atoms with Crippen molar-refractivity contribution in [3.63, 3.8) is 0 Å². The van der Waals surface area contributed by atoms with E-state index in [-0.39, 0.29) is 23.8 Å². The number of rotatable bonds is 11. The quantitative estimate of drug-likeness (QED) is 0.169. The molecule has 0 aromatic carbocycles. The first-order chi connectivity index (χ1) is 15.7. The molecular weight excluding hydrogens is 470 g/mol. The number of likely N-dealkylation sites (tertiary alicyclic amines) is 1. The molecule has 0 bridgehead atoms. The fraction of sp³-hybridized carbons (Fsp3) is 0.579. The number of nitrogens with two attached hydrogens (primary N) is 1. The third-order valence-electron chi connectivity index (χ3n) is 5.15. The van der Waals surface area contributed by atoms with Gasteiger partial charge in [0.25, 0.3) is 0 Å². The second-order valence-corrected chi connectivity index (χ2v) is 8.34. The highest BCUT2D eigenvalue weighted by Gasteiger charge is 2.38. The van der Waals surface area contributed by atoms with Crippen LogP contribution in [-0.2, 0) is 30.4 Å². The number of hydrogen-bond donors (Lipinski definition) is 7. The van der Waals surface area contributed by atoms with E-state index in [0.717, 1.165) is 0 Å². The minimum atomic E-state index is -1.06. The van der Waals surface area contributed by atoms with Gasteiger partial charge in [0.15, 0.2) is 0 Å². The van der Waals surface area contributed by atoms with Crippen molar-refractivity contribution >= 4 is 54.8 Å². The summed E-state index contributed by atoms with van der Waals surface area (Å²) in [5.41, 5.74) is 5.85. The van der Waals surface area contributed by atoms with Crippen LogP contribution in [0.1, 0.15) is 25.5 Å². The summed E-state index contributed by atoms with van der Waals surface area (Å²) in [6.45, 7) is 1.63. The number of primary amides is 1. The predicted molar refractivity (Wildman–Crippen MR) is 125 cm³/mol. The van der Waals surface area contributed by atoms with Crippen molar-refractivity contribution in [2.45, 2.75) is 50.4 Å². The Kier molecular flexibility index (Phi) is 10.0. The van der Waals surface area contributed by atoms with Gasteiger partial charge in [0.05, 0.1) is 6.33 Å². The van der Waals surface area contributed by atoms with Gasteiger partial charge in [0.2, 0.25) is 29.5 Å². The van der Waals surface area contributed by atoms with E-state index in [1.165, 1.54) is 24.3 Å². The van der Waals surface area contributed by atoms with Gasteiger partial charge in [-0.3, -0.25) is 24.0 Å². The van der Waals surface area contributed by atoms with Crippen LogP contribution in [0.5, 0.6) is 0 Å². The van der Waals surface area contributed by atoms with Gasteiger partial charge in [-0.2, -0.15) is 25.3 Å². The molecule has 2 heterocycles. The van der Waals surface area contributed by atoms with Gasteiger partial charge in [0.1, 0.15) is 24.2 Å². The first-order valence-corrected chi connectivity index (χ1v) is 11.6. The van der Waals surface area contributed by atoms with Crippen LogP contribution in [0.4, 0.5) is 0 Å². The van der Waals surface area contributed by atoms with Crippen molar-refractivity contribution in [3.8, 4) is 0 Å². The Balaban J connectivity index is 2.16. The molecule has 0 unspecified atom stereocenters. The summed E-state index contributed by atoms with van der Waals surface area (Å²) in [5, 5.41) is 7.68. The lowest BCUT2D eigenvalue weighted by Crippen LogP contribution is -2.58. The van der Waals surface area contributed by atoms with Crippen molar-refractivity contribution in [1.82, 2.24) is 30.8 Å². The molecule has 1 saturated heterocycles. The normalized spacial score (nSPS) is 18.2. The summed E-state index contributed by atoms with van der Waals surface area (Å²) in [7, 11) is 0. The summed E-state index contributed by atoms with van der Waals surface area (Å²) in [5.74, 6) is -2.64. The van der Waals surface area contributed by atoms with Crippen molar-refractivity contribution in [1.29, 1.82) is 0 Å². The van der Waals surface area contributed by atoms with Gasteiger partial charge >= 0.3 is 0 Å². The molecule has 0 radical (unpaired) electrons. The summed E-state index contributed by atoms with van der Waals surface area (Å²) < 4.78 is 0. The molecule has 0 aliphatic carbocycles. The monoisotopic (exact) mass is 499 g/mol. The summed E-state index contributed by atoms with van der Waals surface area (Å²) in [4.78, 5) is 69.9. The van der Waals surface area contributed by atoms with E-state index in [1.54, 1.807) is 0 Å². The highest BCUT2D eigenvalue weighted by Crippen LogP contribution is 2.19. The zero-order valence-corrected chi connectivity index (χ0v) is 19.9.